The number of piperidine rings is 1. The predicted molar refractivity (Wildman–Crippen MR) is 138 cm³/mol. The molecule has 3 N–H and O–H groups in total. The van der Waals surface area contributed by atoms with E-state index in [1.165, 1.54) is 6.20 Å². The smallest absolute Gasteiger partial charge is 0.410 e. The molecule has 1 aromatic heterocycles. The average Bonchev–Trinajstić information content (AvgIpc) is 2.82. The van der Waals surface area contributed by atoms with Crippen molar-refractivity contribution < 1.29 is 23.9 Å². The topological polar surface area (TPSA) is 124 Å². The van der Waals surface area contributed by atoms with E-state index in [1.807, 2.05) is 45.9 Å². The van der Waals surface area contributed by atoms with E-state index in [2.05, 4.69) is 10.3 Å². The Kier molecular flexibility index (Phi) is 8.55. The molecule has 0 atom stereocenters. The Balaban J connectivity index is 1.72. The molecule has 9 nitrogen and oxygen atoms in total. The number of aromatic nitrogens is 1. The van der Waals surface area contributed by atoms with Gasteiger partial charge in [0.25, 0.3) is 5.91 Å². The second kappa shape index (κ2) is 11.4. The summed E-state index contributed by atoms with van der Waals surface area (Å²) in [5.41, 5.74) is 8.22. The quantitative estimate of drug-likeness (QED) is 0.525. The number of likely N-dealkylation sites (tertiary alicyclic amines) is 1. The minimum absolute atomic E-state index is 0.0199. The van der Waals surface area contributed by atoms with Crippen LogP contribution in [-0.2, 0) is 11.2 Å². The van der Waals surface area contributed by atoms with Gasteiger partial charge in [-0.1, -0.05) is 13.0 Å². The van der Waals surface area contributed by atoms with Gasteiger partial charge in [0.05, 0.1) is 23.9 Å². The van der Waals surface area contributed by atoms with Gasteiger partial charge in [-0.15, -0.1) is 0 Å². The molecule has 0 saturated carbocycles. The van der Waals surface area contributed by atoms with Crippen molar-refractivity contribution in [3.63, 3.8) is 0 Å². The molecule has 1 fully saturated rings. The second-order valence-corrected chi connectivity index (χ2v) is 9.96. The number of anilines is 1. The number of benzene rings is 1. The van der Waals surface area contributed by atoms with Gasteiger partial charge in [-0.25, -0.2) is 4.79 Å². The third kappa shape index (κ3) is 6.96. The van der Waals surface area contributed by atoms with Gasteiger partial charge in [0.1, 0.15) is 11.4 Å². The number of nitrogens with two attached hydrogens (primary N) is 1. The molecule has 36 heavy (non-hydrogen) atoms. The molecule has 3 rings (SSSR count). The summed E-state index contributed by atoms with van der Waals surface area (Å²) in [7, 11) is 1.54. The molecule has 9 heteroatoms. The van der Waals surface area contributed by atoms with Crippen LogP contribution in [0.25, 0.3) is 0 Å². The van der Waals surface area contributed by atoms with E-state index in [0.717, 1.165) is 11.3 Å². The van der Waals surface area contributed by atoms with Crippen molar-refractivity contribution in [2.75, 3.05) is 25.5 Å². The molecule has 2 aromatic rings. The first kappa shape index (κ1) is 27.0. The van der Waals surface area contributed by atoms with Crippen LogP contribution in [-0.4, -0.2) is 59.5 Å². The minimum atomic E-state index is -0.563. The molecule has 1 saturated heterocycles. The number of carbonyl (C=O) groups excluding carboxylic acids is 3. The molecule has 0 aliphatic carbocycles. The predicted octanol–water partition coefficient (Wildman–Crippen LogP) is 4.18. The number of methoxy groups -OCH3 is 1. The van der Waals surface area contributed by atoms with E-state index in [-0.39, 0.29) is 17.9 Å². The van der Waals surface area contributed by atoms with Gasteiger partial charge in [-0.05, 0) is 57.4 Å². The minimum Gasteiger partial charge on any atom is -0.496 e. The fourth-order valence-electron chi connectivity index (χ4n) is 4.14. The SMILES string of the molecule is CCC(=O)c1ccc(Cc2cc(NC3CCN(C(=O)OC(C)(C)C)CC3)c(C(N)=O)cn2)cc1OC. The van der Waals surface area contributed by atoms with E-state index >= 15 is 0 Å². The number of hydrogen-bond donors (Lipinski definition) is 2. The molecule has 0 unspecified atom stereocenters. The molecular weight excluding hydrogens is 460 g/mol. The first-order valence-electron chi connectivity index (χ1n) is 12.2. The van der Waals surface area contributed by atoms with Crippen molar-refractivity contribution in [1.82, 2.24) is 9.88 Å². The van der Waals surface area contributed by atoms with Crippen molar-refractivity contribution in [3.05, 3.63) is 52.8 Å². The Hall–Kier alpha value is -3.62. The highest BCUT2D eigenvalue weighted by atomic mass is 16.6. The summed E-state index contributed by atoms with van der Waals surface area (Å²) in [6.07, 6.45) is 3.48. The number of ether oxygens (including phenoxy) is 2. The summed E-state index contributed by atoms with van der Waals surface area (Å²) in [4.78, 5) is 42.7. The van der Waals surface area contributed by atoms with Crippen LogP contribution in [0.15, 0.2) is 30.5 Å². The van der Waals surface area contributed by atoms with Gasteiger partial charge < -0.3 is 25.4 Å². The van der Waals surface area contributed by atoms with Crippen molar-refractivity contribution in [2.24, 2.45) is 5.73 Å². The van der Waals surface area contributed by atoms with E-state index in [4.69, 9.17) is 15.2 Å². The molecule has 2 heterocycles. The molecule has 194 valence electrons. The molecule has 1 aliphatic rings. The van der Waals surface area contributed by atoms with Crippen LogP contribution in [0.5, 0.6) is 5.75 Å². The Labute approximate surface area is 212 Å². The molecular formula is C27H36N4O5. The lowest BCUT2D eigenvalue weighted by Crippen LogP contribution is -2.44. The van der Waals surface area contributed by atoms with Crippen LogP contribution in [0.2, 0.25) is 0 Å². The zero-order valence-electron chi connectivity index (χ0n) is 21.7. The number of hydrogen-bond acceptors (Lipinski definition) is 7. The van der Waals surface area contributed by atoms with Crippen LogP contribution in [0.3, 0.4) is 0 Å². The third-order valence-corrected chi connectivity index (χ3v) is 6.01. The van der Waals surface area contributed by atoms with Gasteiger partial charge >= 0.3 is 6.09 Å². The lowest BCUT2D eigenvalue weighted by molar-refractivity contribution is 0.0210. The van der Waals surface area contributed by atoms with Gasteiger partial charge in [0.15, 0.2) is 5.78 Å². The summed E-state index contributed by atoms with van der Waals surface area (Å²) in [6.45, 7) is 8.47. The Morgan fingerprint density at radius 1 is 1.14 bits per heavy atom. The zero-order valence-corrected chi connectivity index (χ0v) is 21.7. The largest absolute Gasteiger partial charge is 0.496 e. The standard InChI is InChI=1S/C27H36N4O5/c1-6-23(32)20-8-7-17(14-24(20)35-5)13-19-15-22(21(16-29-19)25(28)33)30-18-9-11-31(12-10-18)26(34)36-27(2,3)4/h7-8,14-16,18H,6,9-13H2,1-5H3,(H2,28,33)(H,29,30). The normalized spacial score (nSPS) is 14.3. The Morgan fingerprint density at radius 3 is 2.42 bits per heavy atom. The van der Waals surface area contributed by atoms with Crippen LogP contribution in [0.4, 0.5) is 10.5 Å². The highest BCUT2D eigenvalue weighted by Gasteiger charge is 2.27. The molecule has 0 radical (unpaired) electrons. The molecule has 1 aromatic carbocycles. The van der Waals surface area contributed by atoms with Gasteiger partial charge in [0, 0.05) is 43.9 Å². The number of primary amides is 1. The number of pyridine rings is 1. The van der Waals surface area contributed by atoms with E-state index in [0.29, 0.717) is 61.3 Å². The van der Waals surface area contributed by atoms with E-state index < -0.39 is 11.5 Å². The van der Waals surface area contributed by atoms with Crippen LogP contribution in [0.1, 0.15) is 78.9 Å². The van der Waals surface area contributed by atoms with E-state index in [1.54, 1.807) is 18.1 Å². The summed E-state index contributed by atoms with van der Waals surface area (Å²) in [5, 5.41) is 3.43. The second-order valence-electron chi connectivity index (χ2n) is 9.96. The highest BCUT2D eigenvalue weighted by Crippen LogP contribution is 2.26. The van der Waals surface area contributed by atoms with Gasteiger partial charge in [0.2, 0.25) is 0 Å². The lowest BCUT2D eigenvalue weighted by atomic mass is 10.0. The number of nitrogens with one attached hydrogen (secondary N) is 1. The van der Waals surface area contributed by atoms with Gasteiger partial charge in [-0.2, -0.15) is 0 Å². The van der Waals surface area contributed by atoms with E-state index in [9.17, 15) is 14.4 Å². The summed E-state index contributed by atoms with van der Waals surface area (Å²) < 4.78 is 10.9. The number of Topliss-reactive ketones (excluding diaryl/α,β-unsaturated/α-hetero) is 1. The van der Waals surface area contributed by atoms with Crippen LogP contribution < -0.4 is 15.8 Å². The first-order valence-corrected chi connectivity index (χ1v) is 12.2. The Bertz CT molecular complexity index is 1120. The summed E-state index contributed by atoms with van der Waals surface area (Å²) >= 11 is 0. The summed E-state index contributed by atoms with van der Waals surface area (Å²) in [5.74, 6) is -0.0124. The Morgan fingerprint density at radius 2 is 1.83 bits per heavy atom. The van der Waals surface area contributed by atoms with Crippen molar-refractivity contribution in [1.29, 1.82) is 0 Å². The first-order chi connectivity index (χ1) is 17.0. The average molecular weight is 497 g/mol. The fourth-order valence-corrected chi connectivity index (χ4v) is 4.14. The lowest BCUT2D eigenvalue weighted by Gasteiger charge is -2.34. The van der Waals surface area contributed by atoms with Gasteiger partial charge in [-0.3, -0.25) is 14.6 Å². The number of carbonyl (C=O) groups is 3. The number of amides is 2. The maximum atomic E-state index is 12.3. The molecule has 1 aliphatic heterocycles. The maximum Gasteiger partial charge on any atom is 0.410 e. The summed E-state index contributed by atoms with van der Waals surface area (Å²) in [6, 6.07) is 7.39. The highest BCUT2D eigenvalue weighted by molar-refractivity contribution is 5.99. The molecule has 0 spiro atoms. The molecule has 0 bridgehead atoms. The monoisotopic (exact) mass is 496 g/mol. The number of rotatable bonds is 8. The number of nitrogens with zero attached hydrogens (tertiary/aromatic N) is 2. The zero-order chi connectivity index (χ0) is 26.5. The molecule has 2 amide bonds. The van der Waals surface area contributed by atoms with Crippen LogP contribution in [0, 0.1) is 0 Å². The number of ketones is 1. The van der Waals surface area contributed by atoms with Crippen molar-refractivity contribution >= 4 is 23.5 Å². The van der Waals surface area contributed by atoms with Crippen LogP contribution >= 0.6 is 0 Å². The van der Waals surface area contributed by atoms with Crippen molar-refractivity contribution in [2.45, 2.75) is 65.0 Å². The fraction of sp³-hybridized carbons (Fsp3) is 0.481. The third-order valence-electron chi connectivity index (χ3n) is 6.01. The maximum absolute atomic E-state index is 12.3. The van der Waals surface area contributed by atoms with Crippen molar-refractivity contribution in [3.8, 4) is 5.75 Å².